The van der Waals surface area contributed by atoms with Gasteiger partial charge in [-0.1, -0.05) is 64.8 Å². The third kappa shape index (κ3) is 4.92. The summed E-state index contributed by atoms with van der Waals surface area (Å²) in [5.74, 6) is 0.230. The molecule has 3 aromatic rings. The number of carbonyl (C=O) groups excluding carboxylic acids is 1. The van der Waals surface area contributed by atoms with Crippen LogP contribution in [0, 0.1) is 6.92 Å². The monoisotopic (exact) mass is 507 g/mol. The molecule has 0 spiro atoms. The number of amides is 1. The standard InChI is InChI=1S/C25H27Cl2N3O2.ClH/c1-16-21(23(29-32-16)22-19(26)10-7-11-20(22)27)24(31)28-18-12-14-25(15-13-18,30(2)3)17-8-5-4-6-9-17;/h4-11,18H,12-15H2,1-3H3,(H,28,31);1H. The number of aryl methyl sites for hydroxylation is 1. The molecule has 1 aromatic heterocycles. The maximum Gasteiger partial charge on any atom is 0.257 e. The van der Waals surface area contributed by atoms with Crippen LogP contribution in [-0.4, -0.2) is 36.1 Å². The van der Waals surface area contributed by atoms with Crippen LogP contribution >= 0.6 is 35.6 Å². The van der Waals surface area contributed by atoms with E-state index in [-0.39, 0.29) is 29.9 Å². The molecule has 1 heterocycles. The molecule has 4 rings (SSSR count). The molecular formula is C25H28Cl3N3O2. The highest BCUT2D eigenvalue weighted by Crippen LogP contribution is 2.41. The molecule has 33 heavy (non-hydrogen) atoms. The number of carbonyl (C=O) groups is 1. The minimum atomic E-state index is -0.211. The zero-order valence-electron chi connectivity index (χ0n) is 18.9. The zero-order valence-corrected chi connectivity index (χ0v) is 21.2. The molecule has 0 radical (unpaired) electrons. The molecular weight excluding hydrogens is 481 g/mol. The summed E-state index contributed by atoms with van der Waals surface area (Å²) in [5.41, 5.74) is 2.56. The number of nitrogens with one attached hydrogen (secondary N) is 1. The third-order valence-electron chi connectivity index (χ3n) is 6.60. The van der Waals surface area contributed by atoms with E-state index in [4.69, 9.17) is 27.7 Å². The molecule has 1 amide bonds. The third-order valence-corrected chi connectivity index (χ3v) is 7.23. The van der Waals surface area contributed by atoms with E-state index in [0.717, 1.165) is 25.7 Å². The summed E-state index contributed by atoms with van der Waals surface area (Å²) in [6.45, 7) is 1.73. The molecule has 8 heteroatoms. The maximum absolute atomic E-state index is 13.3. The van der Waals surface area contributed by atoms with Gasteiger partial charge in [0.05, 0.1) is 10.0 Å². The van der Waals surface area contributed by atoms with Crippen molar-refractivity contribution in [2.75, 3.05) is 14.1 Å². The van der Waals surface area contributed by atoms with Crippen LogP contribution in [0.4, 0.5) is 0 Å². The number of aromatic nitrogens is 1. The van der Waals surface area contributed by atoms with Crippen molar-refractivity contribution in [1.29, 1.82) is 0 Å². The summed E-state index contributed by atoms with van der Waals surface area (Å²) in [6, 6.07) is 15.9. The molecule has 1 N–H and O–H groups in total. The molecule has 0 atom stereocenters. The van der Waals surface area contributed by atoms with E-state index >= 15 is 0 Å². The highest BCUT2D eigenvalue weighted by molar-refractivity contribution is 6.39. The molecule has 1 saturated carbocycles. The predicted molar refractivity (Wildman–Crippen MR) is 135 cm³/mol. The maximum atomic E-state index is 13.3. The number of hydrogen-bond acceptors (Lipinski definition) is 4. The molecule has 1 aliphatic carbocycles. The second-order valence-corrected chi connectivity index (χ2v) is 9.41. The Bertz CT molecular complexity index is 1090. The van der Waals surface area contributed by atoms with Gasteiger partial charge in [-0.3, -0.25) is 9.69 Å². The van der Waals surface area contributed by atoms with Crippen molar-refractivity contribution in [3.63, 3.8) is 0 Å². The van der Waals surface area contributed by atoms with E-state index in [1.807, 2.05) is 6.07 Å². The van der Waals surface area contributed by atoms with Gasteiger partial charge in [0.15, 0.2) is 0 Å². The van der Waals surface area contributed by atoms with E-state index in [9.17, 15) is 4.79 Å². The first kappa shape index (κ1) is 25.6. The van der Waals surface area contributed by atoms with E-state index in [2.05, 4.69) is 53.7 Å². The number of benzene rings is 2. The van der Waals surface area contributed by atoms with E-state index < -0.39 is 0 Å². The summed E-state index contributed by atoms with van der Waals surface area (Å²) in [7, 11) is 4.26. The summed E-state index contributed by atoms with van der Waals surface area (Å²) in [4.78, 5) is 15.6. The Kier molecular flexibility index (Phi) is 8.12. The number of rotatable bonds is 5. The Morgan fingerprint density at radius 2 is 1.67 bits per heavy atom. The van der Waals surface area contributed by atoms with Crippen LogP contribution in [0.1, 0.15) is 47.4 Å². The summed E-state index contributed by atoms with van der Waals surface area (Å²) in [6.07, 6.45) is 3.68. The van der Waals surface area contributed by atoms with Gasteiger partial charge in [0, 0.05) is 17.1 Å². The smallest absolute Gasteiger partial charge is 0.257 e. The van der Waals surface area contributed by atoms with E-state index in [1.165, 1.54) is 5.56 Å². The summed E-state index contributed by atoms with van der Waals surface area (Å²) >= 11 is 12.7. The number of hydrogen-bond donors (Lipinski definition) is 1. The van der Waals surface area contributed by atoms with Crippen LogP contribution in [0.25, 0.3) is 11.3 Å². The first-order chi connectivity index (χ1) is 15.3. The fourth-order valence-electron chi connectivity index (χ4n) is 4.77. The molecule has 1 fully saturated rings. The van der Waals surface area contributed by atoms with Crippen molar-refractivity contribution in [3.05, 3.63) is 75.5 Å². The minimum absolute atomic E-state index is 0. The van der Waals surface area contributed by atoms with Crippen molar-refractivity contribution in [3.8, 4) is 11.3 Å². The van der Waals surface area contributed by atoms with Gasteiger partial charge < -0.3 is 9.84 Å². The Morgan fingerprint density at radius 1 is 1.06 bits per heavy atom. The van der Waals surface area contributed by atoms with E-state index in [0.29, 0.717) is 32.6 Å². The van der Waals surface area contributed by atoms with Gasteiger partial charge in [-0.05, 0) is 64.4 Å². The topological polar surface area (TPSA) is 58.4 Å². The Balaban J connectivity index is 0.00000306. The van der Waals surface area contributed by atoms with Gasteiger partial charge in [-0.15, -0.1) is 12.4 Å². The normalized spacial score (nSPS) is 20.4. The van der Waals surface area contributed by atoms with Crippen LogP contribution in [0.15, 0.2) is 53.1 Å². The van der Waals surface area contributed by atoms with Crippen LogP contribution in [0.2, 0.25) is 10.0 Å². The Morgan fingerprint density at radius 3 is 2.24 bits per heavy atom. The van der Waals surface area contributed by atoms with Gasteiger partial charge in [-0.25, -0.2) is 0 Å². The summed E-state index contributed by atoms with van der Waals surface area (Å²) < 4.78 is 5.36. The molecule has 2 aromatic carbocycles. The predicted octanol–water partition coefficient (Wildman–Crippen LogP) is 6.51. The summed E-state index contributed by atoms with van der Waals surface area (Å²) in [5, 5.41) is 8.15. The van der Waals surface area contributed by atoms with Gasteiger partial charge in [0.25, 0.3) is 5.91 Å². The SMILES string of the molecule is Cc1onc(-c2c(Cl)cccc2Cl)c1C(=O)NC1CCC(c2ccccc2)(N(C)C)CC1.Cl. The lowest BCUT2D eigenvalue weighted by Gasteiger charge is -2.45. The van der Waals surface area contributed by atoms with Gasteiger partial charge in [0.2, 0.25) is 0 Å². The highest BCUT2D eigenvalue weighted by atomic mass is 35.5. The molecule has 5 nitrogen and oxygen atoms in total. The Hall–Kier alpha value is -2.05. The largest absolute Gasteiger partial charge is 0.360 e. The van der Waals surface area contributed by atoms with Gasteiger partial charge >= 0.3 is 0 Å². The number of nitrogens with zero attached hydrogens (tertiary/aromatic N) is 2. The molecule has 0 saturated heterocycles. The molecule has 0 bridgehead atoms. The molecule has 1 aliphatic rings. The van der Waals surface area contributed by atoms with Crippen LogP contribution in [0.5, 0.6) is 0 Å². The first-order valence-corrected chi connectivity index (χ1v) is 11.5. The van der Waals surface area contributed by atoms with Crippen molar-refractivity contribution in [1.82, 2.24) is 15.4 Å². The van der Waals surface area contributed by atoms with Crippen molar-refractivity contribution in [2.45, 2.75) is 44.2 Å². The number of halogens is 3. The van der Waals surface area contributed by atoms with Gasteiger partial charge in [0.1, 0.15) is 17.0 Å². The minimum Gasteiger partial charge on any atom is -0.360 e. The second-order valence-electron chi connectivity index (χ2n) is 8.60. The average Bonchev–Trinajstić information content (AvgIpc) is 3.16. The fourth-order valence-corrected chi connectivity index (χ4v) is 5.35. The molecule has 0 aliphatic heterocycles. The van der Waals surface area contributed by atoms with Crippen molar-refractivity contribution >= 4 is 41.5 Å². The molecule has 176 valence electrons. The highest BCUT2D eigenvalue weighted by Gasteiger charge is 2.39. The Labute approximate surface area is 210 Å². The average molecular weight is 509 g/mol. The van der Waals surface area contributed by atoms with E-state index in [1.54, 1.807) is 25.1 Å². The second kappa shape index (κ2) is 10.5. The van der Waals surface area contributed by atoms with Gasteiger partial charge in [-0.2, -0.15) is 0 Å². The molecule has 0 unspecified atom stereocenters. The fraction of sp³-hybridized carbons (Fsp3) is 0.360. The van der Waals surface area contributed by atoms with Crippen molar-refractivity contribution in [2.24, 2.45) is 0 Å². The quantitative estimate of drug-likeness (QED) is 0.427. The van der Waals surface area contributed by atoms with Crippen LogP contribution in [0.3, 0.4) is 0 Å². The van der Waals surface area contributed by atoms with Crippen molar-refractivity contribution < 1.29 is 9.32 Å². The van der Waals surface area contributed by atoms with Crippen LogP contribution < -0.4 is 5.32 Å². The lowest BCUT2D eigenvalue weighted by Crippen LogP contribution is -2.48. The van der Waals surface area contributed by atoms with Crippen LogP contribution in [-0.2, 0) is 5.54 Å². The zero-order chi connectivity index (χ0) is 22.9. The lowest BCUT2D eigenvalue weighted by molar-refractivity contribution is 0.0758. The lowest BCUT2D eigenvalue weighted by atomic mass is 9.74. The first-order valence-electron chi connectivity index (χ1n) is 10.8.